The Morgan fingerprint density at radius 3 is 2.76 bits per heavy atom. The number of primary amides is 1. The normalized spacial score (nSPS) is 11.2. The van der Waals surface area contributed by atoms with Gasteiger partial charge in [-0.15, -0.1) is 11.3 Å². The molecule has 0 bridgehead atoms. The van der Waals surface area contributed by atoms with Crippen molar-refractivity contribution in [1.29, 1.82) is 0 Å². The van der Waals surface area contributed by atoms with E-state index in [-0.39, 0.29) is 0 Å². The molecule has 102 valence electrons. The molecule has 0 aliphatic rings. The largest absolute Gasteiger partial charge is 0.364 e. The third-order valence-electron chi connectivity index (χ3n) is 3.52. The first-order chi connectivity index (χ1) is 10.2. The Hall–Kier alpha value is -2.66. The van der Waals surface area contributed by atoms with E-state index in [0.717, 1.165) is 21.3 Å². The van der Waals surface area contributed by atoms with Crippen molar-refractivity contribution >= 4 is 33.0 Å². The quantitative estimate of drug-likeness (QED) is 0.616. The predicted molar refractivity (Wildman–Crippen MR) is 84.5 cm³/mol. The first kappa shape index (κ1) is 12.1. The Morgan fingerprint density at radius 2 is 1.95 bits per heavy atom. The van der Waals surface area contributed by atoms with Crippen LogP contribution in [-0.4, -0.2) is 15.3 Å². The van der Waals surface area contributed by atoms with Crippen LogP contribution < -0.4 is 5.73 Å². The number of hydrogen-bond acceptors (Lipinski definition) is 3. The Morgan fingerprint density at radius 1 is 1.14 bits per heavy atom. The average molecular weight is 293 g/mol. The highest BCUT2D eigenvalue weighted by Crippen LogP contribution is 2.28. The van der Waals surface area contributed by atoms with Crippen molar-refractivity contribution < 1.29 is 4.79 Å². The minimum Gasteiger partial charge on any atom is -0.364 e. The number of amides is 1. The number of hydrogen-bond donors (Lipinski definition) is 1. The lowest BCUT2D eigenvalue weighted by Gasteiger charge is -2.03. The number of carbonyl (C=O) groups is 1. The zero-order valence-electron chi connectivity index (χ0n) is 11.0. The summed E-state index contributed by atoms with van der Waals surface area (Å²) < 4.78 is 1.75. The molecule has 0 unspecified atom stereocenters. The first-order valence-corrected chi connectivity index (χ1v) is 7.36. The van der Waals surface area contributed by atoms with Crippen LogP contribution in [0.4, 0.5) is 0 Å². The summed E-state index contributed by atoms with van der Waals surface area (Å²) in [6.45, 7) is 0. The van der Waals surface area contributed by atoms with E-state index in [1.807, 2.05) is 48.0 Å². The highest BCUT2D eigenvalue weighted by Gasteiger charge is 2.19. The Bertz CT molecular complexity index is 983. The van der Waals surface area contributed by atoms with Gasteiger partial charge >= 0.3 is 0 Å². The summed E-state index contributed by atoms with van der Waals surface area (Å²) in [5.41, 5.74) is 7.51. The topological polar surface area (TPSA) is 60.4 Å². The Kier molecular flexibility index (Phi) is 2.55. The molecule has 4 nitrogen and oxygen atoms in total. The molecule has 4 aromatic rings. The average Bonchev–Trinajstić information content (AvgIpc) is 3.06. The lowest BCUT2D eigenvalue weighted by Crippen LogP contribution is -2.14. The molecular formula is C16H11N3OS. The van der Waals surface area contributed by atoms with Gasteiger partial charge in [0.05, 0.1) is 0 Å². The predicted octanol–water partition coefficient (Wildman–Crippen LogP) is 3.31. The van der Waals surface area contributed by atoms with Gasteiger partial charge in [0.2, 0.25) is 0 Å². The van der Waals surface area contributed by atoms with Crippen molar-refractivity contribution in [2.24, 2.45) is 5.73 Å². The second-order valence-corrected chi connectivity index (χ2v) is 5.66. The monoisotopic (exact) mass is 293 g/mol. The molecule has 1 amide bonds. The molecule has 0 fully saturated rings. The number of thiazole rings is 1. The number of nitrogens with two attached hydrogens (primary N) is 1. The molecule has 0 aliphatic heterocycles. The molecule has 2 aromatic heterocycles. The van der Waals surface area contributed by atoms with E-state index in [4.69, 9.17) is 5.73 Å². The van der Waals surface area contributed by atoms with E-state index in [9.17, 15) is 4.79 Å². The molecule has 0 saturated carbocycles. The van der Waals surface area contributed by atoms with Crippen LogP contribution in [0.1, 0.15) is 10.5 Å². The Balaban J connectivity index is 2.01. The Labute approximate surface area is 124 Å². The van der Waals surface area contributed by atoms with Gasteiger partial charge in [0.25, 0.3) is 5.91 Å². The number of imidazole rings is 1. The first-order valence-electron chi connectivity index (χ1n) is 6.48. The zero-order chi connectivity index (χ0) is 14.4. The summed E-state index contributed by atoms with van der Waals surface area (Å²) in [7, 11) is 0. The van der Waals surface area contributed by atoms with Gasteiger partial charge in [-0.2, -0.15) is 0 Å². The molecule has 4 rings (SSSR count). The van der Waals surface area contributed by atoms with Gasteiger partial charge in [-0.1, -0.05) is 36.4 Å². The van der Waals surface area contributed by atoms with Gasteiger partial charge in [-0.05, 0) is 16.8 Å². The van der Waals surface area contributed by atoms with Crippen molar-refractivity contribution in [3.63, 3.8) is 0 Å². The maximum Gasteiger partial charge on any atom is 0.268 e. The number of carbonyl (C=O) groups excluding carboxylic acids is 1. The molecule has 21 heavy (non-hydrogen) atoms. The van der Waals surface area contributed by atoms with Gasteiger partial charge in [0.1, 0.15) is 11.4 Å². The third-order valence-corrected chi connectivity index (χ3v) is 4.28. The fourth-order valence-electron chi connectivity index (χ4n) is 2.56. The fourth-order valence-corrected chi connectivity index (χ4v) is 3.27. The highest BCUT2D eigenvalue weighted by atomic mass is 32.1. The van der Waals surface area contributed by atoms with Gasteiger partial charge < -0.3 is 5.73 Å². The van der Waals surface area contributed by atoms with E-state index >= 15 is 0 Å². The van der Waals surface area contributed by atoms with Crippen molar-refractivity contribution in [3.8, 4) is 11.3 Å². The molecule has 0 atom stereocenters. The van der Waals surface area contributed by atoms with E-state index in [1.165, 1.54) is 11.3 Å². The van der Waals surface area contributed by atoms with Crippen molar-refractivity contribution in [1.82, 2.24) is 9.38 Å². The molecule has 0 radical (unpaired) electrons. The molecule has 0 aliphatic carbocycles. The molecule has 2 N–H and O–H groups in total. The van der Waals surface area contributed by atoms with Crippen LogP contribution in [0.15, 0.2) is 54.0 Å². The van der Waals surface area contributed by atoms with Crippen LogP contribution in [0.25, 0.3) is 27.0 Å². The number of rotatable bonds is 2. The van der Waals surface area contributed by atoms with E-state index in [2.05, 4.69) is 11.1 Å². The standard InChI is InChI=1S/C16H11N3OS/c17-15(20)14-13(18-16-19(14)7-8-21-16)12-6-5-10-3-1-2-4-11(10)9-12/h1-9H,(H2,17,20). The van der Waals surface area contributed by atoms with Gasteiger partial charge in [-0.25, -0.2) is 4.98 Å². The minimum atomic E-state index is -0.468. The van der Waals surface area contributed by atoms with Crippen LogP contribution in [0.3, 0.4) is 0 Å². The second kappa shape index (κ2) is 4.43. The van der Waals surface area contributed by atoms with E-state index in [0.29, 0.717) is 11.4 Å². The minimum absolute atomic E-state index is 0.432. The van der Waals surface area contributed by atoms with Crippen LogP contribution >= 0.6 is 11.3 Å². The highest BCUT2D eigenvalue weighted by molar-refractivity contribution is 7.15. The van der Waals surface area contributed by atoms with Gasteiger partial charge in [-0.3, -0.25) is 9.20 Å². The number of nitrogens with zero attached hydrogens (tertiary/aromatic N) is 2. The molecule has 0 spiro atoms. The lowest BCUT2D eigenvalue weighted by molar-refractivity contribution is 0.0995. The molecule has 5 heteroatoms. The second-order valence-electron chi connectivity index (χ2n) is 4.79. The maximum atomic E-state index is 11.8. The van der Waals surface area contributed by atoms with Crippen LogP contribution in [0, 0.1) is 0 Å². The molecule has 0 saturated heterocycles. The molecular weight excluding hydrogens is 282 g/mol. The summed E-state index contributed by atoms with van der Waals surface area (Å²) in [6, 6.07) is 14.1. The van der Waals surface area contributed by atoms with E-state index < -0.39 is 5.91 Å². The summed E-state index contributed by atoms with van der Waals surface area (Å²) in [6.07, 6.45) is 1.82. The number of benzene rings is 2. The van der Waals surface area contributed by atoms with Gasteiger partial charge in [0.15, 0.2) is 4.96 Å². The number of fused-ring (bicyclic) bond motifs is 2. The maximum absolute atomic E-state index is 11.8. The van der Waals surface area contributed by atoms with Crippen molar-refractivity contribution in [2.45, 2.75) is 0 Å². The van der Waals surface area contributed by atoms with Crippen LogP contribution in [-0.2, 0) is 0 Å². The van der Waals surface area contributed by atoms with Crippen LogP contribution in [0.2, 0.25) is 0 Å². The third kappa shape index (κ3) is 1.82. The zero-order valence-corrected chi connectivity index (χ0v) is 11.8. The summed E-state index contributed by atoms with van der Waals surface area (Å²) >= 11 is 1.48. The van der Waals surface area contributed by atoms with Crippen LogP contribution in [0.5, 0.6) is 0 Å². The SMILES string of the molecule is NC(=O)c1c(-c2ccc3ccccc3c2)nc2sccn12. The summed E-state index contributed by atoms with van der Waals surface area (Å²) in [5, 5.41) is 4.16. The van der Waals surface area contributed by atoms with Gasteiger partial charge in [0, 0.05) is 17.1 Å². The molecule has 2 aromatic carbocycles. The van der Waals surface area contributed by atoms with Crippen molar-refractivity contribution in [2.75, 3.05) is 0 Å². The summed E-state index contributed by atoms with van der Waals surface area (Å²) in [4.78, 5) is 17.1. The molecule has 2 heterocycles. The van der Waals surface area contributed by atoms with E-state index in [1.54, 1.807) is 4.40 Å². The lowest BCUT2D eigenvalue weighted by atomic mass is 10.0. The van der Waals surface area contributed by atoms with Crippen molar-refractivity contribution in [3.05, 3.63) is 59.7 Å². The summed E-state index contributed by atoms with van der Waals surface area (Å²) in [5.74, 6) is -0.468. The number of aromatic nitrogens is 2. The smallest absolute Gasteiger partial charge is 0.268 e. The fraction of sp³-hybridized carbons (Fsp3) is 0.